The molecule has 2 fully saturated rings. The van der Waals surface area contributed by atoms with Crippen LogP contribution in [-0.2, 0) is 19.5 Å². The lowest BCUT2D eigenvalue weighted by molar-refractivity contribution is -0.0444. The summed E-state index contributed by atoms with van der Waals surface area (Å²) in [5.41, 5.74) is 0.621. The molecule has 6 nitrogen and oxygen atoms in total. The lowest BCUT2D eigenvalue weighted by Gasteiger charge is -2.33. The van der Waals surface area contributed by atoms with Gasteiger partial charge in [0.05, 0.1) is 13.2 Å². The van der Waals surface area contributed by atoms with E-state index in [0.717, 1.165) is 25.7 Å². The van der Waals surface area contributed by atoms with Crippen LogP contribution in [0, 0.1) is 0 Å². The Morgan fingerprint density at radius 2 is 2.05 bits per heavy atom. The zero-order chi connectivity index (χ0) is 14.9. The zero-order valence-electron chi connectivity index (χ0n) is 12.2. The van der Waals surface area contributed by atoms with Crippen LogP contribution >= 0.6 is 0 Å². The molecule has 1 atom stereocenters. The number of nitrogens with zero attached hydrogens (tertiary/aromatic N) is 1. The molecule has 0 N–H and O–H groups in total. The number of ether oxygens (including phenoxy) is 2. The second-order valence-corrected chi connectivity index (χ2v) is 7.27. The van der Waals surface area contributed by atoms with Crippen molar-refractivity contribution >= 4 is 10.0 Å². The highest BCUT2D eigenvalue weighted by atomic mass is 32.2. The van der Waals surface area contributed by atoms with Crippen molar-refractivity contribution in [1.82, 2.24) is 4.31 Å². The predicted octanol–water partition coefficient (Wildman–Crippen LogP) is 2.28. The lowest BCUT2D eigenvalue weighted by Crippen LogP contribution is -2.43. The van der Waals surface area contributed by atoms with Crippen molar-refractivity contribution in [2.75, 3.05) is 19.8 Å². The van der Waals surface area contributed by atoms with Gasteiger partial charge < -0.3 is 13.9 Å². The number of sulfonamides is 1. The van der Waals surface area contributed by atoms with E-state index in [0.29, 0.717) is 25.3 Å². The highest BCUT2D eigenvalue weighted by Crippen LogP contribution is 2.31. The van der Waals surface area contributed by atoms with E-state index in [1.165, 1.54) is 12.3 Å². The summed E-state index contributed by atoms with van der Waals surface area (Å²) in [5, 5.41) is -0.0167. The van der Waals surface area contributed by atoms with Gasteiger partial charge in [0, 0.05) is 24.2 Å². The molecule has 1 unspecified atom stereocenters. The maximum absolute atomic E-state index is 12.7. The SMILES string of the molecule is CCC1CCCCN1S(=O)(=O)c1cc(C2OCCO2)co1. The Morgan fingerprint density at radius 1 is 1.29 bits per heavy atom. The van der Waals surface area contributed by atoms with Crippen LogP contribution in [0.2, 0.25) is 0 Å². The van der Waals surface area contributed by atoms with Gasteiger partial charge in [0.15, 0.2) is 6.29 Å². The van der Waals surface area contributed by atoms with E-state index in [2.05, 4.69) is 0 Å². The van der Waals surface area contributed by atoms with E-state index in [9.17, 15) is 8.42 Å². The van der Waals surface area contributed by atoms with E-state index in [1.807, 2.05) is 6.92 Å². The molecule has 0 aliphatic carbocycles. The fourth-order valence-corrected chi connectivity index (χ4v) is 4.66. The Labute approximate surface area is 125 Å². The van der Waals surface area contributed by atoms with Crippen LogP contribution < -0.4 is 0 Å². The van der Waals surface area contributed by atoms with E-state index in [-0.39, 0.29) is 11.1 Å². The largest absolute Gasteiger partial charge is 0.451 e. The Bertz CT molecular complexity index is 576. The molecule has 7 heteroatoms. The van der Waals surface area contributed by atoms with Gasteiger partial charge in [-0.1, -0.05) is 13.3 Å². The van der Waals surface area contributed by atoms with Crippen molar-refractivity contribution in [2.45, 2.75) is 50.0 Å². The second-order valence-electron chi connectivity index (χ2n) is 5.45. The third-order valence-electron chi connectivity index (χ3n) is 4.10. The second kappa shape index (κ2) is 6.08. The van der Waals surface area contributed by atoms with Crippen LogP contribution in [0.4, 0.5) is 0 Å². The summed E-state index contributed by atoms with van der Waals surface area (Å²) in [6.45, 7) is 3.61. The fraction of sp³-hybridized carbons (Fsp3) is 0.714. The van der Waals surface area contributed by atoms with Gasteiger partial charge >= 0.3 is 0 Å². The number of hydrogen-bond donors (Lipinski definition) is 0. The van der Waals surface area contributed by atoms with Gasteiger partial charge in [-0.25, -0.2) is 8.42 Å². The number of piperidine rings is 1. The monoisotopic (exact) mass is 315 g/mol. The van der Waals surface area contributed by atoms with E-state index >= 15 is 0 Å². The minimum absolute atomic E-state index is 0.0167. The van der Waals surface area contributed by atoms with Crippen molar-refractivity contribution in [2.24, 2.45) is 0 Å². The van der Waals surface area contributed by atoms with Gasteiger partial charge in [0.1, 0.15) is 6.26 Å². The van der Waals surface area contributed by atoms with Crippen LogP contribution in [0.5, 0.6) is 0 Å². The summed E-state index contributed by atoms with van der Waals surface area (Å²) in [4.78, 5) is 0. The summed E-state index contributed by atoms with van der Waals surface area (Å²) in [6.07, 6.45) is 4.62. The molecule has 1 aromatic heterocycles. The molecule has 0 spiro atoms. The van der Waals surface area contributed by atoms with Crippen molar-refractivity contribution in [3.05, 3.63) is 17.9 Å². The maximum atomic E-state index is 12.7. The Morgan fingerprint density at radius 3 is 2.76 bits per heavy atom. The summed E-state index contributed by atoms with van der Waals surface area (Å²) in [5.74, 6) is 0. The standard InChI is InChI=1S/C14H21NO5S/c1-2-12-5-3-4-6-15(12)21(16,17)13-9-11(10-20-13)14-18-7-8-19-14/h9-10,12,14H,2-8H2,1H3. The summed E-state index contributed by atoms with van der Waals surface area (Å²) in [7, 11) is -3.58. The van der Waals surface area contributed by atoms with E-state index in [1.54, 1.807) is 4.31 Å². The third-order valence-corrected chi connectivity index (χ3v) is 5.92. The zero-order valence-corrected chi connectivity index (χ0v) is 13.0. The van der Waals surface area contributed by atoms with Crippen LogP contribution in [0.1, 0.15) is 44.5 Å². The minimum Gasteiger partial charge on any atom is -0.451 e. The highest BCUT2D eigenvalue weighted by molar-refractivity contribution is 7.89. The predicted molar refractivity (Wildman–Crippen MR) is 75.2 cm³/mol. The molecule has 3 heterocycles. The van der Waals surface area contributed by atoms with Crippen molar-refractivity contribution in [3.8, 4) is 0 Å². The average Bonchev–Trinajstić information content (AvgIpc) is 3.17. The molecular formula is C14H21NO5S. The molecular weight excluding hydrogens is 294 g/mol. The topological polar surface area (TPSA) is 69.0 Å². The van der Waals surface area contributed by atoms with Crippen LogP contribution in [0.3, 0.4) is 0 Å². The molecule has 118 valence electrons. The molecule has 2 aliphatic rings. The summed E-state index contributed by atoms with van der Waals surface area (Å²) >= 11 is 0. The smallest absolute Gasteiger partial charge is 0.276 e. The normalized spacial score (nSPS) is 25.5. The van der Waals surface area contributed by atoms with Gasteiger partial charge in [-0.05, 0) is 19.3 Å². The first-order chi connectivity index (χ1) is 10.1. The average molecular weight is 315 g/mol. The molecule has 1 aromatic rings. The van der Waals surface area contributed by atoms with Gasteiger partial charge in [0.25, 0.3) is 10.0 Å². The van der Waals surface area contributed by atoms with Crippen LogP contribution in [0.25, 0.3) is 0 Å². The number of hydrogen-bond acceptors (Lipinski definition) is 5. The number of rotatable bonds is 4. The third kappa shape index (κ3) is 2.88. The molecule has 0 saturated carbocycles. The molecule has 2 saturated heterocycles. The van der Waals surface area contributed by atoms with Crippen molar-refractivity contribution in [3.63, 3.8) is 0 Å². The first-order valence-electron chi connectivity index (χ1n) is 7.46. The molecule has 0 radical (unpaired) electrons. The van der Waals surface area contributed by atoms with Crippen LogP contribution in [0.15, 0.2) is 21.8 Å². The quantitative estimate of drug-likeness (QED) is 0.852. The van der Waals surface area contributed by atoms with Crippen LogP contribution in [-0.4, -0.2) is 38.5 Å². The van der Waals surface area contributed by atoms with E-state index in [4.69, 9.17) is 13.9 Å². The summed E-state index contributed by atoms with van der Waals surface area (Å²) in [6, 6.07) is 1.59. The van der Waals surface area contributed by atoms with Gasteiger partial charge in [-0.15, -0.1) is 0 Å². The molecule has 3 rings (SSSR count). The molecule has 21 heavy (non-hydrogen) atoms. The van der Waals surface area contributed by atoms with Crippen molar-refractivity contribution < 1.29 is 22.3 Å². The molecule has 2 aliphatic heterocycles. The van der Waals surface area contributed by atoms with Gasteiger partial charge in [0.2, 0.25) is 5.09 Å². The first kappa shape index (κ1) is 15.0. The number of furan rings is 1. The van der Waals surface area contributed by atoms with Gasteiger partial charge in [-0.2, -0.15) is 4.31 Å². The Balaban J connectivity index is 1.83. The van der Waals surface area contributed by atoms with E-state index < -0.39 is 16.3 Å². The van der Waals surface area contributed by atoms with Gasteiger partial charge in [-0.3, -0.25) is 0 Å². The summed E-state index contributed by atoms with van der Waals surface area (Å²) < 4.78 is 43.1. The lowest BCUT2D eigenvalue weighted by atomic mass is 10.0. The Kier molecular flexibility index (Phi) is 4.35. The highest BCUT2D eigenvalue weighted by Gasteiger charge is 2.35. The molecule has 0 aromatic carbocycles. The molecule has 0 bridgehead atoms. The van der Waals surface area contributed by atoms with Crippen molar-refractivity contribution in [1.29, 1.82) is 0 Å². The minimum atomic E-state index is -3.58. The fourth-order valence-electron chi connectivity index (χ4n) is 2.95. The Hall–Kier alpha value is -0.890. The first-order valence-corrected chi connectivity index (χ1v) is 8.90. The maximum Gasteiger partial charge on any atom is 0.276 e. The molecule has 0 amide bonds.